The SMILES string of the molecule is CC.CCC(C)Nc1ncc(C=O)c(/C=C\N(C)c2ccc(N)cc2)n1.OC1CCCCC1. The third-order valence-corrected chi connectivity index (χ3v) is 5.29. The van der Waals surface area contributed by atoms with Crippen LogP contribution >= 0.6 is 0 Å². The van der Waals surface area contributed by atoms with Crippen molar-refractivity contribution in [3.8, 4) is 0 Å². The molecule has 7 nitrogen and oxygen atoms in total. The van der Waals surface area contributed by atoms with E-state index in [1.165, 1.54) is 25.5 Å². The number of aromatic nitrogens is 2. The van der Waals surface area contributed by atoms with Gasteiger partial charge in [0.15, 0.2) is 6.29 Å². The van der Waals surface area contributed by atoms with Crippen LogP contribution in [0.1, 0.15) is 82.3 Å². The van der Waals surface area contributed by atoms with Crippen LogP contribution < -0.4 is 16.0 Å². The van der Waals surface area contributed by atoms with E-state index in [0.717, 1.165) is 36.9 Å². The molecule has 3 rings (SSSR count). The lowest BCUT2D eigenvalue weighted by molar-refractivity contribution is 0.112. The number of hydrogen-bond donors (Lipinski definition) is 3. The van der Waals surface area contributed by atoms with Crippen molar-refractivity contribution in [1.29, 1.82) is 0 Å². The lowest BCUT2D eigenvalue weighted by Gasteiger charge is -2.15. The van der Waals surface area contributed by atoms with Crippen molar-refractivity contribution in [3.63, 3.8) is 0 Å². The van der Waals surface area contributed by atoms with Gasteiger partial charge in [-0.2, -0.15) is 0 Å². The minimum absolute atomic E-state index is 0.0359. The average Bonchev–Trinajstić information content (AvgIpc) is 2.85. The van der Waals surface area contributed by atoms with Crippen LogP contribution in [0.2, 0.25) is 0 Å². The van der Waals surface area contributed by atoms with E-state index in [1.807, 2.05) is 56.3 Å². The van der Waals surface area contributed by atoms with Gasteiger partial charge in [-0.25, -0.2) is 9.97 Å². The fourth-order valence-electron chi connectivity index (χ4n) is 3.08. The first kappa shape index (κ1) is 28.1. The molecule has 0 radical (unpaired) electrons. The number of carbonyl (C=O) groups is 1. The van der Waals surface area contributed by atoms with Crippen LogP contribution in [0.4, 0.5) is 17.3 Å². The lowest BCUT2D eigenvalue weighted by atomic mass is 9.98. The standard InChI is InChI=1S/C18H23N5O.C6H12O.C2H6/c1-4-13(2)21-18-20-11-14(12-24)17(22-18)9-10-23(3)16-7-5-15(19)6-8-16;7-6-4-2-1-3-5-6;1-2/h5-13H,4,19H2,1-3H3,(H,20,21,22);6-7H,1-5H2;1-2H3/b10-9-;;. The number of nitrogens with one attached hydrogen (secondary N) is 1. The van der Waals surface area contributed by atoms with Crippen LogP contribution in [0.5, 0.6) is 0 Å². The molecule has 1 aromatic carbocycles. The summed E-state index contributed by atoms with van der Waals surface area (Å²) in [5.74, 6) is 0.518. The van der Waals surface area contributed by atoms with Crippen LogP contribution in [-0.4, -0.2) is 40.6 Å². The molecule has 0 amide bonds. The van der Waals surface area contributed by atoms with Gasteiger partial charge in [0, 0.05) is 36.9 Å². The number of nitrogen functional groups attached to an aromatic ring is 1. The molecule has 1 unspecified atom stereocenters. The quantitative estimate of drug-likeness (QED) is 0.372. The number of carbonyl (C=O) groups excluding carboxylic acids is 1. The summed E-state index contributed by atoms with van der Waals surface area (Å²) in [4.78, 5) is 21.7. The highest BCUT2D eigenvalue weighted by Gasteiger charge is 2.08. The summed E-state index contributed by atoms with van der Waals surface area (Å²) in [7, 11) is 1.92. The smallest absolute Gasteiger partial charge is 0.223 e. The maximum Gasteiger partial charge on any atom is 0.223 e. The summed E-state index contributed by atoms with van der Waals surface area (Å²) in [6.45, 7) is 8.14. The fourth-order valence-corrected chi connectivity index (χ4v) is 3.08. The first-order valence-corrected chi connectivity index (χ1v) is 12.0. The third-order valence-electron chi connectivity index (χ3n) is 5.29. The Kier molecular flexibility index (Phi) is 13.5. The van der Waals surface area contributed by atoms with Gasteiger partial charge in [0.05, 0.1) is 17.4 Å². The second-order valence-corrected chi connectivity index (χ2v) is 7.92. The molecule has 182 valence electrons. The van der Waals surface area contributed by atoms with E-state index in [1.54, 1.807) is 6.08 Å². The first-order valence-electron chi connectivity index (χ1n) is 12.0. The number of anilines is 3. The number of rotatable bonds is 7. The van der Waals surface area contributed by atoms with E-state index >= 15 is 0 Å². The number of nitrogens with two attached hydrogens (primary N) is 1. The monoisotopic (exact) mass is 455 g/mol. The predicted molar refractivity (Wildman–Crippen MR) is 140 cm³/mol. The Hall–Kier alpha value is -2.93. The maximum atomic E-state index is 11.2. The van der Waals surface area contributed by atoms with Crippen LogP contribution in [-0.2, 0) is 0 Å². The Morgan fingerprint density at radius 3 is 2.36 bits per heavy atom. The van der Waals surface area contributed by atoms with Crippen LogP contribution in [0.15, 0.2) is 36.7 Å². The van der Waals surface area contributed by atoms with E-state index < -0.39 is 0 Å². The van der Waals surface area contributed by atoms with Gasteiger partial charge >= 0.3 is 0 Å². The highest BCUT2D eigenvalue weighted by molar-refractivity contribution is 5.80. The average molecular weight is 456 g/mol. The summed E-state index contributed by atoms with van der Waals surface area (Å²) >= 11 is 0. The highest BCUT2D eigenvalue weighted by atomic mass is 16.3. The maximum absolute atomic E-state index is 11.2. The number of aliphatic hydroxyl groups is 1. The van der Waals surface area contributed by atoms with Gasteiger partial charge in [-0.1, -0.05) is 40.0 Å². The third kappa shape index (κ3) is 10.5. The minimum Gasteiger partial charge on any atom is -0.399 e. The van der Waals surface area contributed by atoms with E-state index in [2.05, 4.69) is 29.1 Å². The number of aldehydes is 1. The summed E-state index contributed by atoms with van der Waals surface area (Å²) < 4.78 is 0. The second-order valence-electron chi connectivity index (χ2n) is 7.92. The van der Waals surface area contributed by atoms with Crippen molar-refractivity contribution in [1.82, 2.24) is 9.97 Å². The molecule has 0 saturated heterocycles. The van der Waals surface area contributed by atoms with Gasteiger partial charge in [-0.05, 0) is 56.5 Å². The summed E-state index contributed by atoms with van der Waals surface area (Å²) in [5, 5.41) is 12.1. The zero-order valence-corrected chi connectivity index (χ0v) is 20.8. The minimum atomic E-state index is 0.0359. The van der Waals surface area contributed by atoms with Crippen molar-refractivity contribution >= 4 is 29.7 Å². The number of nitrogens with zero attached hydrogens (tertiary/aromatic N) is 3. The Morgan fingerprint density at radius 1 is 1.21 bits per heavy atom. The van der Waals surface area contributed by atoms with Crippen LogP contribution in [0.3, 0.4) is 0 Å². The van der Waals surface area contributed by atoms with Crippen molar-refractivity contribution in [3.05, 3.63) is 47.9 Å². The van der Waals surface area contributed by atoms with E-state index in [-0.39, 0.29) is 12.1 Å². The molecular weight excluding hydrogens is 414 g/mol. The zero-order chi connectivity index (χ0) is 24.6. The number of hydrogen-bond acceptors (Lipinski definition) is 7. The Morgan fingerprint density at radius 2 is 1.85 bits per heavy atom. The molecule has 4 N–H and O–H groups in total. The molecule has 0 aliphatic heterocycles. The molecule has 7 heteroatoms. The van der Waals surface area contributed by atoms with Gasteiger partial charge in [0.1, 0.15) is 0 Å². The molecule has 33 heavy (non-hydrogen) atoms. The van der Waals surface area contributed by atoms with E-state index in [0.29, 0.717) is 17.2 Å². The molecule has 1 aliphatic rings. The Labute approximate surface area is 199 Å². The molecule has 2 aromatic rings. The largest absolute Gasteiger partial charge is 0.399 e. The predicted octanol–water partition coefficient (Wildman–Crippen LogP) is 5.53. The highest BCUT2D eigenvalue weighted by Crippen LogP contribution is 2.17. The molecule has 1 heterocycles. The van der Waals surface area contributed by atoms with Crippen molar-refractivity contribution in [2.24, 2.45) is 0 Å². The molecule has 1 saturated carbocycles. The van der Waals surface area contributed by atoms with Crippen LogP contribution in [0, 0.1) is 0 Å². The summed E-state index contributed by atoms with van der Waals surface area (Å²) in [6, 6.07) is 7.80. The van der Waals surface area contributed by atoms with Crippen molar-refractivity contribution in [2.75, 3.05) is 23.0 Å². The van der Waals surface area contributed by atoms with Crippen LogP contribution in [0.25, 0.3) is 6.08 Å². The van der Waals surface area contributed by atoms with E-state index in [4.69, 9.17) is 10.8 Å². The second kappa shape index (κ2) is 15.8. The molecule has 1 atom stereocenters. The van der Waals surface area contributed by atoms with Crippen molar-refractivity contribution in [2.45, 2.75) is 78.4 Å². The molecule has 1 fully saturated rings. The lowest BCUT2D eigenvalue weighted by Crippen LogP contribution is -2.16. The molecular formula is C26H41N5O2. The topological polar surface area (TPSA) is 104 Å². The van der Waals surface area contributed by atoms with Gasteiger partial charge in [-0.15, -0.1) is 0 Å². The Bertz CT molecular complexity index is 833. The fraction of sp³-hybridized carbons (Fsp3) is 0.500. The summed E-state index contributed by atoms with van der Waals surface area (Å²) in [6.07, 6.45) is 12.8. The first-order chi connectivity index (χ1) is 15.9. The zero-order valence-electron chi connectivity index (χ0n) is 20.8. The molecule has 1 aromatic heterocycles. The van der Waals surface area contributed by atoms with E-state index in [9.17, 15) is 4.79 Å². The normalized spacial score (nSPS) is 14.4. The Balaban J connectivity index is 0.000000508. The van der Waals surface area contributed by atoms with Gasteiger partial charge in [0.2, 0.25) is 5.95 Å². The van der Waals surface area contributed by atoms with Gasteiger partial charge in [0.25, 0.3) is 0 Å². The molecule has 1 aliphatic carbocycles. The summed E-state index contributed by atoms with van der Waals surface area (Å²) in [5.41, 5.74) is 8.43. The van der Waals surface area contributed by atoms with Gasteiger partial charge < -0.3 is 21.1 Å². The van der Waals surface area contributed by atoms with Gasteiger partial charge in [-0.3, -0.25) is 4.79 Å². The van der Waals surface area contributed by atoms with Crippen molar-refractivity contribution < 1.29 is 9.90 Å². The molecule has 0 bridgehead atoms. The number of aliphatic hydroxyl groups excluding tert-OH is 1. The molecule has 0 spiro atoms. The number of benzene rings is 1.